The molecule has 4 rings (SSSR count). The van der Waals surface area contributed by atoms with E-state index >= 15 is 0 Å². The number of anilines is 2. The maximum absolute atomic E-state index is 9.13. The lowest BCUT2D eigenvalue weighted by molar-refractivity contribution is 0.122. The van der Waals surface area contributed by atoms with Gasteiger partial charge in [-0.1, -0.05) is 23.5 Å². The summed E-state index contributed by atoms with van der Waals surface area (Å²) < 4.78 is 9.84. The fourth-order valence-electron chi connectivity index (χ4n) is 2.64. The van der Waals surface area contributed by atoms with Crippen LogP contribution < -0.4 is 9.62 Å². The highest BCUT2D eigenvalue weighted by atomic mass is 32.2. The van der Waals surface area contributed by atoms with Gasteiger partial charge in [-0.3, -0.25) is 0 Å². The van der Waals surface area contributed by atoms with E-state index < -0.39 is 0 Å². The Kier molecular flexibility index (Phi) is 4.30. The Balaban J connectivity index is 1.48. The van der Waals surface area contributed by atoms with E-state index in [2.05, 4.69) is 25.7 Å². The van der Waals surface area contributed by atoms with E-state index in [1.165, 1.54) is 11.9 Å². The number of nitrogens with zero attached hydrogens (tertiary/aromatic N) is 3. The highest BCUT2D eigenvalue weighted by Gasteiger charge is 2.15. The molecule has 0 amide bonds. The minimum absolute atomic E-state index is 0.658. The lowest BCUT2D eigenvalue weighted by Crippen LogP contribution is -2.36. The Bertz CT molecular complexity index is 891. The monoisotopic (exact) mass is 357 g/mol. The first-order valence-corrected chi connectivity index (χ1v) is 9.20. The summed E-state index contributed by atoms with van der Waals surface area (Å²) in [6.07, 6.45) is 3.63. The third kappa shape index (κ3) is 2.94. The maximum atomic E-state index is 9.13. The van der Waals surface area contributed by atoms with Crippen molar-refractivity contribution in [3.05, 3.63) is 36.2 Å². The van der Waals surface area contributed by atoms with Crippen LogP contribution in [0.5, 0.6) is 0 Å². The van der Waals surface area contributed by atoms with Gasteiger partial charge in [0.15, 0.2) is 5.13 Å². The second-order valence-electron chi connectivity index (χ2n) is 5.31. The molecule has 6 nitrogen and oxygen atoms in total. The molecule has 0 unspecified atom stereocenters. The van der Waals surface area contributed by atoms with Gasteiger partial charge < -0.3 is 19.3 Å². The number of morpholine rings is 1. The van der Waals surface area contributed by atoms with E-state index in [1.54, 1.807) is 17.5 Å². The fourth-order valence-corrected chi connectivity index (χ4v) is 4.34. The number of nitrogens with one attached hydrogen (secondary N) is 2. The molecular weight excluding hydrogens is 342 g/mol. The average molecular weight is 357 g/mol. The summed E-state index contributed by atoms with van der Waals surface area (Å²) in [5, 5.41) is 11.1. The smallest absolute Gasteiger partial charge is 0.186 e. The molecule has 0 saturated carbocycles. The van der Waals surface area contributed by atoms with E-state index in [-0.39, 0.29) is 0 Å². The number of thiazole rings is 1. The summed E-state index contributed by atoms with van der Waals surface area (Å²) >= 11 is 3.21. The largest absolute Gasteiger partial charge is 0.378 e. The second-order valence-corrected chi connectivity index (χ2v) is 7.42. The van der Waals surface area contributed by atoms with Crippen molar-refractivity contribution in [1.29, 1.82) is 5.26 Å². The molecule has 1 fully saturated rings. The third-order valence-corrected chi connectivity index (χ3v) is 5.83. The summed E-state index contributed by atoms with van der Waals surface area (Å²) in [7, 11) is 0. The van der Waals surface area contributed by atoms with Crippen LogP contribution in [0.2, 0.25) is 0 Å². The van der Waals surface area contributed by atoms with Crippen molar-refractivity contribution in [2.24, 2.45) is 0 Å². The van der Waals surface area contributed by atoms with Crippen LogP contribution in [-0.2, 0) is 4.74 Å². The molecule has 0 radical (unpaired) electrons. The Morgan fingerprint density at radius 3 is 3.08 bits per heavy atom. The Morgan fingerprint density at radius 2 is 2.25 bits per heavy atom. The quantitative estimate of drug-likeness (QED) is 0.697. The van der Waals surface area contributed by atoms with Crippen LogP contribution in [0.15, 0.2) is 34.8 Å². The van der Waals surface area contributed by atoms with Crippen molar-refractivity contribution >= 4 is 45.0 Å². The van der Waals surface area contributed by atoms with E-state index in [9.17, 15) is 0 Å². The van der Waals surface area contributed by atoms with Gasteiger partial charge in [-0.2, -0.15) is 5.26 Å². The normalized spacial score (nSPS) is 14.7. The van der Waals surface area contributed by atoms with Crippen molar-refractivity contribution in [3.63, 3.8) is 0 Å². The number of aromatic nitrogens is 2. The Hall–Kier alpha value is -2.21. The van der Waals surface area contributed by atoms with E-state index in [0.29, 0.717) is 5.56 Å². The number of ether oxygens (including phenoxy) is 1. The molecule has 2 N–H and O–H groups in total. The fraction of sp³-hybridized carbons (Fsp3) is 0.250. The van der Waals surface area contributed by atoms with Gasteiger partial charge in [-0.15, -0.1) is 0 Å². The highest BCUT2D eigenvalue weighted by molar-refractivity contribution is 8.02. The molecule has 8 heteroatoms. The van der Waals surface area contributed by atoms with Crippen LogP contribution in [-0.4, -0.2) is 36.3 Å². The Morgan fingerprint density at radius 1 is 1.38 bits per heavy atom. The number of hydrogen-bond donors (Lipinski definition) is 2. The van der Waals surface area contributed by atoms with E-state index in [0.717, 1.165) is 52.2 Å². The molecular formula is C16H15N5OS2. The molecule has 0 atom stereocenters. The second kappa shape index (κ2) is 6.73. The molecule has 2 aromatic heterocycles. The average Bonchev–Trinajstić information content (AvgIpc) is 3.27. The molecule has 0 spiro atoms. The molecule has 1 aromatic carbocycles. The minimum atomic E-state index is 0.658. The first-order chi connectivity index (χ1) is 11.8. The van der Waals surface area contributed by atoms with Crippen LogP contribution >= 0.6 is 23.3 Å². The Labute approximate surface area is 147 Å². The zero-order valence-corrected chi connectivity index (χ0v) is 14.4. The number of nitriles is 1. The van der Waals surface area contributed by atoms with Crippen molar-refractivity contribution in [2.45, 2.75) is 4.21 Å². The van der Waals surface area contributed by atoms with Crippen molar-refractivity contribution < 1.29 is 4.74 Å². The predicted octanol–water partition coefficient (Wildman–Crippen LogP) is 3.45. The number of H-pyrrole nitrogens is 1. The number of fused-ring (bicyclic) bond motifs is 1. The zero-order chi connectivity index (χ0) is 16.4. The summed E-state index contributed by atoms with van der Waals surface area (Å²) in [6.45, 7) is 3.31. The summed E-state index contributed by atoms with van der Waals surface area (Å²) in [4.78, 5) is 9.93. The summed E-state index contributed by atoms with van der Waals surface area (Å²) in [5.74, 6) is 0. The van der Waals surface area contributed by atoms with Gasteiger partial charge in [0.2, 0.25) is 0 Å². The van der Waals surface area contributed by atoms with Crippen LogP contribution in [0.3, 0.4) is 0 Å². The van der Waals surface area contributed by atoms with Gasteiger partial charge in [0.05, 0.1) is 36.2 Å². The van der Waals surface area contributed by atoms with Crippen LogP contribution in [0.4, 0.5) is 10.8 Å². The summed E-state index contributed by atoms with van der Waals surface area (Å²) in [5.41, 5.74) is 2.56. The van der Waals surface area contributed by atoms with Gasteiger partial charge in [-0.05, 0) is 18.0 Å². The number of para-hydroxylation sites is 1. The van der Waals surface area contributed by atoms with Crippen LogP contribution in [0.25, 0.3) is 10.9 Å². The van der Waals surface area contributed by atoms with Gasteiger partial charge in [0, 0.05) is 24.7 Å². The van der Waals surface area contributed by atoms with Crippen molar-refractivity contribution in [3.8, 4) is 6.07 Å². The third-order valence-electron chi connectivity index (χ3n) is 3.85. The zero-order valence-electron chi connectivity index (χ0n) is 12.8. The molecule has 1 aliphatic heterocycles. The van der Waals surface area contributed by atoms with Crippen LogP contribution in [0, 0.1) is 11.3 Å². The van der Waals surface area contributed by atoms with E-state index in [1.807, 2.05) is 24.4 Å². The molecule has 3 aromatic rings. The highest BCUT2D eigenvalue weighted by Crippen LogP contribution is 2.33. The van der Waals surface area contributed by atoms with Gasteiger partial charge >= 0.3 is 0 Å². The lowest BCUT2D eigenvalue weighted by atomic mass is 10.2. The van der Waals surface area contributed by atoms with Gasteiger partial charge in [0.25, 0.3) is 0 Å². The molecule has 1 saturated heterocycles. The molecule has 3 heterocycles. The molecule has 24 heavy (non-hydrogen) atoms. The molecule has 1 aliphatic rings. The number of hydrogen-bond acceptors (Lipinski definition) is 7. The molecule has 0 aliphatic carbocycles. The van der Waals surface area contributed by atoms with Gasteiger partial charge in [0.1, 0.15) is 10.3 Å². The topological polar surface area (TPSA) is 77.0 Å². The molecule has 122 valence electrons. The standard InChI is InChI=1S/C16H15N5OS2/c17-8-11-9-18-15-12(11)2-1-3-13(15)20-24-14-10-19-16(23-14)21-4-6-22-7-5-21/h1-3,9-10,18,20H,4-7H2. The minimum Gasteiger partial charge on any atom is -0.378 e. The molecule has 0 bridgehead atoms. The summed E-state index contributed by atoms with van der Waals surface area (Å²) in [6, 6.07) is 8.10. The first-order valence-electron chi connectivity index (χ1n) is 7.57. The first kappa shape index (κ1) is 15.3. The number of benzene rings is 1. The SMILES string of the molecule is N#Cc1c[nH]c2c(NSc3cnc(N4CCOCC4)s3)cccc12. The van der Waals surface area contributed by atoms with E-state index in [4.69, 9.17) is 10.00 Å². The predicted molar refractivity (Wildman–Crippen MR) is 97.6 cm³/mol. The van der Waals surface area contributed by atoms with Crippen molar-refractivity contribution in [2.75, 3.05) is 35.9 Å². The lowest BCUT2D eigenvalue weighted by Gasteiger charge is -2.25. The van der Waals surface area contributed by atoms with Crippen LogP contribution in [0.1, 0.15) is 5.56 Å². The number of aromatic amines is 1. The van der Waals surface area contributed by atoms with Gasteiger partial charge in [-0.25, -0.2) is 4.98 Å². The maximum Gasteiger partial charge on any atom is 0.186 e. The number of rotatable bonds is 4. The van der Waals surface area contributed by atoms with Crippen molar-refractivity contribution in [1.82, 2.24) is 9.97 Å².